The number of alkyl halides is 3. The number of nitrogens with one attached hydrogen (secondary N) is 1. The van der Waals surface area contributed by atoms with Crippen LogP contribution in [0, 0.1) is 5.41 Å². The maximum Gasteiger partial charge on any atom is 0.416 e. The molecule has 0 saturated heterocycles. The van der Waals surface area contributed by atoms with E-state index in [9.17, 15) is 22.8 Å². The van der Waals surface area contributed by atoms with Crippen molar-refractivity contribution in [2.45, 2.75) is 39.3 Å². The number of carbonyl (C=O) groups is 2. The van der Waals surface area contributed by atoms with E-state index in [0.29, 0.717) is 18.6 Å². The monoisotopic (exact) mass is 444 g/mol. The molecule has 1 aromatic carbocycles. The number of hydrogen-bond donors (Lipinski definition) is 3. The number of rotatable bonds is 11. The number of aliphatic hydroxyl groups is 1. The second kappa shape index (κ2) is 10.9. The Morgan fingerprint density at radius 1 is 1.26 bits per heavy atom. The Labute approximate surface area is 178 Å². The van der Waals surface area contributed by atoms with Crippen molar-refractivity contribution in [3.63, 3.8) is 0 Å². The Morgan fingerprint density at radius 2 is 1.90 bits per heavy atom. The van der Waals surface area contributed by atoms with Gasteiger partial charge in [0.05, 0.1) is 11.3 Å². The van der Waals surface area contributed by atoms with Gasteiger partial charge in [0.1, 0.15) is 7.11 Å². The summed E-state index contributed by atoms with van der Waals surface area (Å²) in [6.45, 7) is 6.96. The lowest BCUT2D eigenvalue weighted by Crippen LogP contribution is -2.39. The third kappa shape index (κ3) is 7.71. The number of oxime groups is 1. The molecule has 0 spiro atoms. The third-order valence-electron chi connectivity index (χ3n) is 4.63. The number of amides is 1. The van der Waals surface area contributed by atoms with Crippen LogP contribution in [-0.4, -0.2) is 48.1 Å². The molecule has 0 bridgehead atoms. The first-order valence-electron chi connectivity index (χ1n) is 9.44. The summed E-state index contributed by atoms with van der Waals surface area (Å²) in [5, 5.41) is 24.7. The van der Waals surface area contributed by atoms with Crippen molar-refractivity contribution < 1.29 is 37.8 Å². The van der Waals surface area contributed by atoms with Crippen molar-refractivity contribution in [3.8, 4) is 0 Å². The minimum atomic E-state index is -4.64. The zero-order valence-corrected chi connectivity index (χ0v) is 17.7. The van der Waals surface area contributed by atoms with E-state index < -0.39 is 35.5 Å². The Bertz CT molecular complexity index is 848. The Balaban J connectivity index is 3.14. The van der Waals surface area contributed by atoms with Gasteiger partial charge in [-0.2, -0.15) is 13.2 Å². The van der Waals surface area contributed by atoms with Crippen molar-refractivity contribution in [3.05, 3.63) is 47.0 Å². The molecule has 0 unspecified atom stereocenters. The molecule has 0 saturated carbocycles. The van der Waals surface area contributed by atoms with Crippen LogP contribution in [0.1, 0.15) is 48.2 Å². The number of halogens is 3. The average Bonchev–Trinajstić information content (AvgIpc) is 2.68. The fourth-order valence-electron chi connectivity index (χ4n) is 2.81. The largest absolute Gasteiger partial charge is 0.478 e. The molecule has 0 atom stereocenters. The summed E-state index contributed by atoms with van der Waals surface area (Å²) in [5.74, 6) is -2.02. The number of aliphatic hydroxyl groups excluding tert-OH is 1. The van der Waals surface area contributed by atoms with E-state index in [4.69, 9.17) is 15.1 Å². The molecule has 0 radical (unpaired) electrons. The summed E-state index contributed by atoms with van der Waals surface area (Å²) in [6.07, 6.45) is -4.19. The van der Waals surface area contributed by atoms with Gasteiger partial charge < -0.3 is 20.4 Å². The van der Waals surface area contributed by atoms with Gasteiger partial charge in [-0.1, -0.05) is 25.6 Å². The molecule has 0 fully saturated rings. The normalized spacial score (nSPS) is 12.4. The van der Waals surface area contributed by atoms with Crippen LogP contribution < -0.4 is 5.32 Å². The molecule has 1 amide bonds. The van der Waals surface area contributed by atoms with Gasteiger partial charge in [-0.25, -0.2) is 4.79 Å². The lowest BCUT2D eigenvalue weighted by atomic mass is 9.84. The van der Waals surface area contributed by atoms with Crippen molar-refractivity contribution in [2.24, 2.45) is 10.6 Å². The van der Waals surface area contributed by atoms with Crippen LogP contribution in [0.25, 0.3) is 0 Å². The maximum atomic E-state index is 13.1. The van der Waals surface area contributed by atoms with Gasteiger partial charge in [-0.15, -0.1) is 0 Å². The quantitative estimate of drug-likeness (QED) is 0.275. The molecule has 31 heavy (non-hydrogen) atoms. The number of carbonyl (C=O) groups excluding carboxylic acids is 1. The Hall–Kier alpha value is -2.88. The van der Waals surface area contributed by atoms with Crippen LogP contribution >= 0.6 is 0 Å². The average molecular weight is 444 g/mol. The molecule has 0 aliphatic rings. The van der Waals surface area contributed by atoms with Crippen molar-refractivity contribution in [2.75, 3.05) is 20.3 Å². The minimum absolute atomic E-state index is 0.0481. The smallest absolute Gasteiger partial charge is 0.416 e. The van der Waals surface area contributed by atoms with Crippen LogP contribution in [-0.2, 0) is 22.2 Å². The summed E-state index contributed by atoms with van der Waals surface area (Å²) in [4.78, 5) is 28.7. The van der Waals surface area contributed by atoms with E-state index >= 15 is 0 Å². The topological polar surface area (TPSA) is 108 Å². The Morgan fingerprint density at radius 3 is 2.42 bits per heavy atom. The SMILES string of the molecule is C=C(Cc1cc(C(F)(F)F)ccc1C(=O)NCC(C)(C)/C(CCCO)=N/OC)C(=O)O. The standard InChI is InChI=1S/C21H27F3N2O5/c1-13(19(29)30)10-14-11-15(21(22,23)24)7-8-16(14)18(28)25-12-20(2,3)17(26-31-4)6-5-9-27/h7-8,11,27H,1,5-6,9-10,12H2,2-4H3,(H,25,28)(H,29,30)/b26-17+. The maximum absolute atomic E-state index is 13.1. The molecular formula is C21H27F3N2O5. The first-order valence-corrected chi connectivity index (χ1v) is 9.44. The van der Waals surface area contributed by atoms with Gasteiger partial charge in [0.15, 0.2) is 0 Å². The highest BCUT2D eigenvalue weighted by molar-refractivity contribution is 5.97. The van der Waals surface area contributed by atoms with Gasteiger partial charge in [0, 0.05) is 36.1 Å². The number of carboxylic acids is 1. The predicted octanol–water partition coefficient (Wildman–Crippen LogP) is 3.42. The van der Waals surface area contributed by atoms with Crippen LogP contribution in [0.15, 0.2) is 35.5 Å². The minimum Gasteiger partial charge on any atom is -0.478 e. The number of aliphatic carboxylic acids is 1. The zero-order chi connectivity index (χ0) is 23.8. The summed E-state index contributed by atoms with van der Waals surface area (Å²) in [7, 11) is 1.37. The molecule has 7 nitrogen and oxygen atoms in total. The van der Waals surface area contributed by atoms with Gasteiger partial charge in [-0.3, -0.25) is 4.79 Å². The van der Waals surface area contributed by atoms with Crippen LogP contribution in [0.4, 0.5) is 13.2 Å². The predicted molar refractivity (Wildman–Crippen MR) is 109 cm³/mol. The van der Waals surface area contributed by atoms with Crippen LogP contribution in [0.3, 0.4) is 0 Å². The zero-order valence-electron chi connectivity index (χ0n) is 17.7. The Kier molecular flexibility index (Phi) is 9.23. The molecule has 0 heterocycles. The lowest BCUT2D eigenvalue weighted by Gasteiger charge is -2.26. The first-order chi connectivity index (χ1) is 14.3. The lowest BCUT2D eigenvalue weighted by molar-refractivity contribution is -0.137. The summed E-state index contributed by atoms with van der Waals surface area (Å²) in [6, 6.07) is 2.55. The number of hydrogen-bond acceptors (Lipinski definition) is 5. The molecular weight excluding hydrogens is 417 g/mol. The van der Waals surface area contributed by atoms with Gasteiger partial charge >= 0.3 is 12.1 Å². The van der Waals surface area contributed by atoms with E-state index in [0.717, 1.165) is 18.2 Å². The van der Waals surface area contributed by atoms with E-state index in [1.807, 2.05) is 0 Å². The molecule has 0 aromatic heterocycles. The fourth-order valence-corrected chi connectivity index (χ4v) is 2.81. The number of nitrogens with zero attached hydrogens (tertiary/aromatic N) is 1. The molecule has 0 aliphatic carbocycles. The molecule has 3 N–H and O–H groups in total. The van der Waals surface area contributed by atoms with Crippen LogP contribution in [0.5, 0.6) is 0 Å². The molecule has 10 heteroatoms. The van der Waals surface area contributed by atoms with Gasteiger partial charge in [-0.05, 0) is 36.6 Å². The highest BCUT2D eigenvalue weighted by Crippen LogP contribution is 2.31. The van der Waals surface area contributed by atoms with Crippen molar-refractivity contribution in [1.29, 1.82) is 0 Å². The fraction of sp³-hybridized carbons (Fsp3) is 0.476. The number of benzene rings is 1. The molecule has 1 rings (SSSR count). The van der Waals surface area contributed by atoms with Crippen molar-refractivity contribution >= 4 is 17.6 Å². The summed E-state index contributed by atoms with van der Waals surface area (Å²) >= 11 is 0. The highest BCUT2D eigenvalue weighted by atomic mass is 19.4. The highest BCUT2D eigenvalue weighted by Gasteiger charge is 2.32. The van der Waals surface area contributed by atoms with Crippen molar-refractivity contribution in [1.82, 2.24) is 5.32 Å². The van der Waals surface area contributed by atoms with Gasteiger partial charge in [0.25, 0.3) is 5.91 Å². The molecule has 1 aromatic rings. The van der Waals surface area contributed by atoms with Gasteiger partial charge in [0.2, 0.25) is 0 Å². The second-order valence-electron chi connectivity index (χ2n) is 7.57. The van der Waals surface area contributed by atoms with E-state index in [1.165, 1.54) is 7.11 Å². The third-order valence-corrected chi connectivity index (χ3v) is 4.63. The van der Waals surface area contributed by atoms with E-state index in [2.05, 4.69) is 17.1 Å². The van der Waals surface area contributed by atoms with E-state index in [1.54, 1.807) is 13.8 Å². The van der Waals surface area contributed by atoms with E-state index in [-0.39, 0.29) is 29.9 Å². The summed E-state index contributed by atoms with van der Waals surface area (Å²) < 4.78 is 39.2. The first kappa shape index (κ1) is 26.2. The number of carboxylic acid groups (broad SMARTS) is 1. The molecule has 172 valence electrons. The molecule has 0 aliphatic heterocycles. The second-order valence-corrected chi connectivity index (χ2v) is 7.57. The van der Waals surface area contributed by atoms with Crippen LogP contribution in [0.2, 0.25) is 0 Å². The summed E-state index contributed by atoms with van der Waals surface area (Å²) in [5.41, 5.74) is -1.58.